The number of nitrogens with zero attached hydrogens (tertiary/aromatic N) is 4. The van der Waals surface area contributed by atoms with Gasteiger partial charge in [-0.2, -0.15) is 14.6 Å². The van der Waals surface area contributed by atoms with Crippen molar-refractivity contribution >= 4 is 38.5 Å². The van der Waals surface area contributed by atoms with Crippen molar-refractivity contribution in [3.8, 4) is 11.8 Å². The second kappa shape index (κ2) is 8.22. The number of nitrogens with one attached hydrogen (secondary N) is 1. The first-order valence-corrected chi connectivity index (χ1v) is 11.5. The number of hydrogen-bond acceptors (Lipinski definition) is 7. The summed E-state index contributed by atoms with van der Waals surface area (Å²) in [5.41, 5.74) is 4.58. The Hall–Kier alpha value is -3.29. The Morgan fingerprint density at radius 1 is 1.23 bits per heavy atom. The Kier molecular flexibility index (Phi) is 5.87. The molecule has 0 aliphatic carbocycles. The molecule has 3 aromatic rings. The van der Waals surface area contributed by atoms with Crippen molar-refractivity contribution in [2.24, 2.45) is 0 Å². The summed E-state index contributed by atoms with van der Waals surface area (Å²) < 4.78 is 28.7. The predicted octanol–water partition coefficient (Wildman–Crippen LogP) is 3.20. The van der Waals surface area contributed by atoms with Crippen molar-refractivity contribution in [2.45, 2.75) is 25.9 Å². The fourth-order valence-electron chi connectivity index (χ4n) is 2.90. The van der Waals surface area contributed by atoms with Gasteiger partial charge in [0, 0.05) is 34.9 Å². The number of benzene rings is 1. The van der Waals surface area contributed by atoms with E-state index in [1.165, 1.54) is 6.08 Å². The lowest BCUT2D eigenvalue weighted by Gasteiger charge is -2.10. The first-order valence-electron chi connectivity index (χ1n) is 8.83. The molecule has 3 rings (SSSR count). The number of anilines is 1. The molecule has 1 N–H and O–H groups in total. The van der Waals surface area contributed by atoms with Gasteiger partial charge in [-0.1, -0.05) is 17.7 Å². The molecular formula is C20H19N5O3S2. The van der Waals surface area contributed by atoms with E-state index in [1.807, 2.05) is 61.7 Å². The van der Waals surface area contributed by atoms with Gasteiger partial charge in [-0.15, -0.1) is 0 Å². The van der Waals surface area contributed by atoms with Gasteiger partial charge in [0.1, 0.15) is 11.6 Å². The van der Waals surface area contributed by atoms with E-state index < -0.39 is 15.7 Å². The topological polar surface area (TPSA) is 118 Å². The highest BCUT2D eigenvalue weighted by Gasteiger charge is 2.18. The van der Waals surface area contributed by atoms with Crippen LogP contribution >= 0.6 is 11.5 Å². The van der Waals surface area contributed by atoms with Crippen LogP contribution in [0, 0.1) is 32.1 Å². The number of amides is 1. The van der Waals surface area contributed by atoms with Gasteiger partial charge in [0.25, 0.3) is 11.1 Å². The van der Waals surface area contributed by atoms with Gasteiger partial charge in [0.2, 0.25) is 15.0 Å². The number of carbonyl (C=O) groups is 1. The molecule has 154 valence electrons. The van der Waals surface area contributed by atoms with Gasteiger partial charge in [0.05, 0.1) is 0 Å². The number of aromatic nitrogens is 3. The third kappa shape index (κ3) is 4.48. The summed E-state index contributed by atoms with van der Waals surface area (Å²) in [4.78, 5) is 16.3. The fraction of sp³-hybridized carbons (Fsp3) is 0.200. The molecule has 0 aliphatic rings. The second-order valence-electron chi connectivity index (χ2n) is 6.78. The van der Waals surface area contributed by atoms with Crippen molar-refractivity contribution in [1.82, 2.24) is 13.9 Å². The second-order valence-corrected chi connectivity index (χ2v) is 9.44. The summed E-state index contributed by atoms with van der Waals surface area (Å²) in [6.45, 7) is 5.88. The average Bonchev–Trinajstić information content (AvgIpc) is 3.25. The lowest BCUT2D eigenvalue weighted by molar-refractivity contribution is -0.112. The molecule has 0 unspecified atom stereocenters. The number of hydrogen-bond donors (Lipinski definition) is 1. The third-order valence-corrected chi connectivity index (χ3v) is 5.98. The van der Waals surface area contributed by atoms with Gasteiger partial charge in [-0.05, 0) is 50.6 Å². The van der Waals surface area contributed by atoms with E-state index in [9.17, 15) is 18.5 Å². The van der Waals surface area contributed by atoms with Gasteiger partial charge in [-0.3, -0.25) is 10.1 Å². The Bertz CT molecular complexity index is 1290. The van der Waals surface area contributed by atoms with Crippen molar-refractivity contribution < 1.29 is 13.2 Å². The zero-order chi connectivity index (χ0) is 22.1. The summed E-state index contributed by atoms with van der Waals surface area (Å²) >= 11 is 0.734. The van der Waals surface area contributed by atoms with Crippen LogP contribution in [0.1, 0.15) is 22.5 Å². The van der Waals surface area contributed by atoms with Gasteiger partial charge < -0.3 is 4.57 Å². The molecular weight excluding hydrogens is 422 g/mol. The van der Waals surface area contributed by atoms with Crippen molar-refractivity contribution in [2.75, 3.05) is 11.6 Å². The minimum Gasteiger partial charge on any atom is -0.318 e. The van der Waals surface area contributed by atoms with E-state index >= 15 is 0 Å². The van der Waals surface area contributed by atoms with Gasteiger partial charge in [0.15, 0.2) is 0 Å². The summed E-state index contributed by atoms with van der Waals surface area (Å²) in [5.74, 6) is -0.686. The van der Waals surface area contributed by atoms with Gasteiger partial charge >= 0.3 is 0 Å². The molecule has 1 aromatic carbocycles. The Labute approximate surface area is 178 Å². The zero-order valence-corrected chi connectivity index (χ0v) is 18.4. The van der Waals surface area contributed by atoms with E-state index in [1.54, 1.807) is 0 Å². The smallest absolute Gasteiger partial charge is 0.268 e. The molecule has 2 heterocycles. The fourth-order valence-corrected chi connectivity index (χ4v) is 4.34. The van der Waals surface area contributed by atoms with E-state index in [0.29, 0.717) is 0 Å². The van der Waals surface area contributed by atoms with E-state index in [0.717, 1.165) is 46.0 Å². The first kappa shape index (κ1) is 21.4. The van der Waals surface area contributed by atoms with Crippen LogP contribution in [0.5, 0.6) is 0 Å². The molecule has 30 heavy (non-hydrogen) atoms. The molecule has 0 saturated carbocycles. The van der Waals surface area contributed by atoms with Crippen LogP contribution in [0.3, 0.4) is 0 Å². The van der Waals surface area contributed by atoms with Crippen molar-refractivity contribution in [1.29, 1.82) is 5.26 Å². The summed E-state index contributed by atoms with van der Waals surface area (Å²) in [7, 11) is -3.57. The molecule has 0 fully saturated rings. The first-order chi connectivity index (χ1) is 14.1. The normalized spacial score (nSPS) is 11.9. The van der Waals surface area contributed by atoms with Crippen LogP contribution < -0.4 is 5.32 Å². The highest BCUT2D eigenvalue weighted by molar-refractivity contribution is 7.90. The van der Waals surface area contributed by atoms with Crippen LogP contribution in [0.2, 0.25) is 0 Å². The maximum atomic E-state index is 12.5. The molecule has 1 amide bonds. The van der Waals surface area contributed by atoms with E-state index in [-0.39, 0.29) is 15.9 Å². The highest BCUT2D eigenvalue weighted by Crippen LogP contribution is 2.24. The maximum Gasteiger partial charge on any atom is 0.268 e. The van der Waals surface area contributed by atoms with Crippen molar-refractivity contribution in [3.05, 3.63) is 58.4 Å². The van der Waals surface area contributed by atoms with Crippen LogP contribution in [0.15, 0.2) is 41.1 Å². The Morgan fingerprint density at radius 3 is 2.47 bits per heavy atom. The Morgan fingerprint density at radius 2 is 1.90 bits per heavy atom. The molecule has 0 atom stereocenters. The highest BCUT2D eigenvalue weighted by atomic mass is 32.2. The number of nitriles is 1. The average molecular weight is 442 g/mol. The number of carbonyl (C=O) groups excluding carboxylic acids is 1. The maximum absolute atomic E-state index is 12.5. The lowest BCUT2D eigenvalue weighted by atomic mass is 10.1. The van der Waals surface area contributed by atoms with Crippen LogP contribution in [-0.2, 0) is 14.6 Å². The van der Waals surface area contributed by atoms with Crippen LogP contribution in [-0.4, -0.2) is 34.5 Å². The third-order valence-electron chi connectivity index (χ3n) is 4.39. The Balaban J connectivity index is 1.90. The largest absolute Gasteiger partial charge is 0.318 e. The number of rotatable bonds is 5. The minimum atomic E-state index is -3.57. The van der Waals surface area contributed by atoms with Crippen LogP contribution in [0.25, 0.3) is 11.8 Å². The molecule has 0 bridgehead atoms. The predicted molar refractivity (Wildman–Crippen MR) is 115 cm³/mol. The quantitative estimate of drug-likeness (QED) is 0.480. The monoisotopic (exact) mass is 441 g/mol. The molecule has 0 spiro atoms. The molecule has 0 radical (unpaired) electrons. The number of aryl methyl sites for hydroxylation is 2. The lowest BCUT2D eigenvalue weighted by Crippen LogP contribution is -2.13. The molecule has 10 heteroatoms. The van der Waals surface area contributed by atoms with Crippen LogP contribution in [0.4, 0.5) is 5.13 Å². The zero-order valence-electron chi connectivity index (χ0n) is 16.8. The molecule has 8 nitrogen and oxygen atoms in total. The number of sulfone groups is 1. The molecule has 2 aromatic heterocycles. The van der Waals surface area contributed by atoms with Gasteiger partial charge in [-0.25, -0.2) is 8.42 Å². The van der Waals surface area contributed by atoms with E-state index in [4.69, 9.17) is 0 Å². The molecule has 0 aliphatic heterocycles. The summed E-state index contributed by atoms with van der Waals surface area (Å²) in [6.07, 6.45) is 2.48. The van der Waals surface area contributed by atoms with E-state index in [2.05, 4.69) is 14.7 Å². The minimum absolute atomic E-state index is 0.00621. The van der Waals surface area contributed by atoms with Crippen molar-refractivity contribution in [3.63, 3.8) is 0 Å². The summed E-state index contributed by atoms with van der Waals surface area (Å²) in [5, 5.41) is 11.5. The molecule has 0 saturated heterocycles. The summed E-state index contributed by atoms with van der Waals surface area (Å²) in [6, 6.07) is 11.8. The SMILES string of the molecule is Cc1ccc(-n2c(C)cc(C=C(C#N)C(=O)Nc3nc(S(C)(=O)=O)ns3)c2C)cc1. The standard InChI is InChI=1S/C20H19N5O3S2/c1-12-5-7-17(8-6-12)25-13(2)9-15(14(25)3)10-16(11-21)18(26)22-19-23-20(24-29-19)30(4,27)28/h5-10H,1-4H3,(H,22,23,24,26).